The highest BCUT2D eigenvalue weighted by Gasteiger charge is 2.22. The summed E-state index contributed by atoms with van der Waals surface area (Å²) >= 11 is 0. The predicted molar refractivity (Wildman–Crippen MR) is 119 cm³/mol. The fraction of sp³-hybridized carbons (Fsp3) is 0.240. The molecule has 2 amide bonds. The average Bonchev–Trinajstić information content (AvgIpc) is 3.23. The molecule has 1 saturated heterocycles. The Bertz CT molecular complexity index is 1120. The van der Waals surface area contributed by atoms with Crippen molar-refractivity contribution < 1.29 is 19.1 Å². The van der Waals surface area contributed by atoms with Crippen LogP contribution in [0.15, 0.2) is 66.7 Å². The summed E-state index contributed by atoms with van der Waals surface area (Å²) in [5.74, 6) is -0.854. The summed E-state index contributed by atoms with van der Waals surface area (Å²) in [4.78, 5) is 38.2. The topological polar surface area (TPSA) is 75.7 Å². The standard InChI is InChI=1S/C25H24N2O4/c1-17(21-9-4-7-18-6-2-3-8-22(18)21)26-23(28)16-31-25(30)19-11-13-20(14-12-19)27-15-5-10-24(27)29/h2-4,6-9,11-14,17H,5,10,15-16H2,1H3,(H,26,28)/t17-/m1/s1. The van der Waals surface area contributed by atoms with Crippen LogP contribution in [0.2, 0.25) is 0 Å². The summed E-state index contributed by atoms with van der Waals surface area (Å²) in [7, 11) is 0. The summed E-state index contributed by atoms with van der Waals surface area (Å²) in [5, 5.41) is 5.06. The molecule has 0 saturated carbocycles. The van der Waals surface area contributed by atoms with Crippen LogP contribution in [0.4, 0.5) is 5.69 Å². The lowest BCUT2D eigenvalue weighted by Gasteiger charge is -2.17. The first kappa shape index (κ1) is 20.6. The first-order valence-electron chi connectivity index (χ1n) is 10.4. The molecule has 31 heavy (non-hydrogen) atoms. The molecule has 0 unspecified atom stereocenters. The summed E-state index contributed by atoms with van der Waals surface area (Å²) in [6.45, 7) is 2.23. The number of amides is 2. The fourth-order valence-corrected chi connectivity index (χ4v) is 3.90. The first-order valence-corrected chi connectivity index (χ1v) is 10.4. The van der Waals surface area contributed by atoms with Crippen LogP contribution in [0.3, 0.4) is 0 Å². The molecule has 158 valence electrons. The monoisotopic (exact) mass is 416 g/mol. The van der Waals surface area contributed by atoms with Gasteiger partial charge in [-0.15, -0.1) is 0 Å². The maximum absolute atomic E-state index is 12.3. The molecule has 6 heteroatoms. The zero-order chi connectivity index (χ0) is 21.8. The van der Waals surface area contributed by atoms with E-state index in [9.17, 15) is 14.4 Å². The van der Waals surface area contributed by atoms with Gasteiger partial charge >= 0.3 is 5.97 Å². The first-order chi connectivity index (χ1) is 15.0. The zero-order valence-electron chi connectivity index (χ0n) is 17.3. The lowest BCUT2D eigenvalue weighted by Crippen LogP contribution is -2.31. The Morgan fingerprint density at radius 3 is 2.52 bits per heavy atom. The highest BCUT2D eigenvalue weighted by atomic mass is 16.5. The van der Waals surface area contributed by atoms with Crippen LogP contribution in [0, 0.1) is 0 Å². The summed E-state index contributed by atoms with van der Waals surface area (Å²) in [5.41, 5.74) is 2.11. The minimum Gasteiger partial charge on any atom is -0.452 e. The maximum Gasteiger partial charge on any atom is 0.338 e. The number of hydrogen-bond donors (Lipinski definition) is 1. The molecule has 4 rings (SSSR count). The van der Waals surface area contributed by atoms with Gasteiger partial charge in [0.2, 0.25) is 5.91 Å². The zero-order valence-corrected chi connectivity index (χ0v) is 17.3. The minimum atomic E-state index is -0.577. The van der Waals surface area contributed by atoms with E-state index in [0.29, 0.717) is 18.5 Å². The molecule has 1 aliphatic rings. The van der Waals surface area contributed by atoms with Gasteiger partial charge in [0, 0.05) is 18.7 Å². The molecule has 3 aromatic rings. The minimum absolute atomic E-state index is 0.0901. The van der Waals surface area contributed by atoms with E-state index in [0.717, 1.165) is 28.4 Å². The Morgan fingerprint density at radius 2 is 1.77 bits per heavy atom. The molecule has 0 aliphatic carbocycles. The van der Waals surface area contributed by atoms with Gasteiger partial charge in [0.25, 0.3) is 5.91 Å². The number of ether oxygens (including phenoxy) is 1. The van der Waals surface area contributed by atoms with E-state index >= 15 is 0 Å². The van der Waals surface area contributed by atoms with Crippen molar-refractivity contribution >= 4 is 34.2 Å². The number of benzene rings is 3. The second-order valence-corrected chi connectivity index (χ2v) is 7.63. The molecule has 1 atom stereocenters. The summed E-state index contributed by atoms with van der Waals surface area (Å²) in [6.07, 6.45) is 1.39. The lowest BCUT2D eigenvalue weighted by atomic mass is 10.00. The van der Waals surface area contributed by atoms with E-state index in [1.807, 2.05) is 49.4 Å². The van der Waals surface area contributed by atoms with Crippen molar-refractivity contribution in [3.8, 4) is 0 Å². The second-order valence-electron chi connectivity index (χ2n) is 7.63. The van der Waals surface area contributed by atoms with Crippen LogP contribution in [0.5, 0.6) is 0 Å². The van der Waals surface area contributed by atoms with E-state index in [2.05, 4.69) is 5.32 Å². The summed E-state index contributed by atoms with van der Waals surface area (Å²) < 4.78 is 5.17. The van der Waals surface area contributed by atoms with Crippen molar-refractivity contribution in [3.05, 3.63) is 77.9 Å². The van der Waals surface area contributed by atoms with Crippen LogP contribution in [0.25, 0.3) is 10.8 Å². The van der Waals surface area contributed by atoms with Gasteiger partial charge in [0.05, 0.1) is 11.6 Å². The third-order valence-electron chi connectivity index (χ3n) is 5.49. The van der Waals surface area contributed by atoms with Gasteiger partial charge in [0.15, 0.2) is 6.61 Å². The number of esters is 1. The number of nitrogens with one attached hydrogen (secondary N) is 1. The van der Waals surface area contributed by atoms with E-state index in [-0.39, 0.29) is 24.5 Å². The highest BCUT2D eigenvalue weighted by molar-refractivity contribution is 5.96. The van der Waals surface area contributed by atoms with Crippen LogP contribution in [0.1, 0.15) is 41.7 Å². The van der Waals surface area contributed by atoms with E-state index in [1.54, 1.807) is 29.2 Å². The molecule has 0 spiro atoms. The maximum atomic E-state index is 12.3. The van der Waals surface area contributed by atoms with Crippen molar-refractivity contribution in [1.82, 2.24) is 5.32 Å². The number of carbonyl (C=O) groups is 3. The van der Waals surface area contributed by atoms with Crippen molar-refractivity contribution in [2.24, 2.45) is 0 Å². The van der Waals surface area contributed by atoms with Crippen molar-refractivity contribution in [1.29, 1.82) is 0 Å². The van der Waals surface area contributed by atoms with Gasteiger partial charge in [-0.05, 0) is 53.9 Å². The van der Waals surface area contributed by atoms with Crippen LogP contribution < -0.4 is 10.2 Å². The second kappa shape index (κ2) is 9.00. The summed E-state index contributed by atoms with van der Waals surface area (Å²) in [6, 6.07) is 20.4. The van der Waals surface area contributed by atoms with E-state index < -0.39 is 5.97 Å². The average molecular weight is 416 g/mol. The van der Waals surface area contributed by atoms with Crippen LogP contribution >= 0.6 is 0 Å². The largest absolute Gasteiger partial charge is 0.452 e. The van der Waals surface area contributed by atoms with Crippen LogP contribution in [-0.4, -0.2) is 30.9 Å². The Balaban J connectivity index is 1.33. The predicted octanol–water partition coefficient (Wildman–Crippen LogP) is 4.00. The molecule has 1 fully saturated rings. The van der Waals surface area contributed by atoms with Gasteiger partial charge in [-0.2, -0.15) is 0 Å². The van der Waals surface area contributed by atoms with Crippen molar-refractivity contribution in [2.45, 2.75) is 25.8 Å². The molecular weight excluding hydrogens is 392 g/mol. The molecule has 1 aliphatic heterocycles. The van der Waals surface area contributed by atoms with E-state index in [1.165, 1.54) is 0 Å². The molecule has 3 aromatic carbocycles. The van der Waals surface area contributed by atoms with Crippen molar-refractivity contribution in [2.75, 3.05) is 18.1 Å². The van der Waals surface area contributed by atoms with Gasteiger partial charge < -0.3 is 15.0 Å². The van der Waals surface area contributed by atoms with Gasteiger partial charge in [-0.1, -0.05) is 42.5 Å². The smallest absolute Gasteiger partial charge is 0.338 e. The van der Waals surface area contributed by atoms with Crippen molar-refractivity contribution in [3.63, 3.8) is 0 Å². The molecule has 0 radical (unpaired) electrons. The number of anilines is 1. The van der Waals surface area contributed by atoms with Gasteiger partial charge in [-0.3, -0.25) is 9.59 Å². The number of hydrogen-bond acceptors (Lipinski definition) is 4. The fourth-order valence-electron chi connectivity index (χ4n) is 3.90. The highest BCUT2D eigenvalue weighted by Crippen LogP contribution is 2.24. The Morgan fingerprint density at radius 1 is 1.03 bits per heavy atom. The molecule has 0 aromatic heterocycles. The van der Waals surface area contributed by atoms with E-state index in [4.69, 9.17) is 4.74 Å². The normalized spacial score (nSPS) is 14.5. The Hall–Kier alpha value is -3.67. The Labute approximate surface area is 180 Å². The quantitative estimate of drug-likeness (QED) is 0.617. The SMILES string of the molecule is C[C@@H](NC(=O)COC(=O)c1ccc(N2CCCC2=O)cc1)c1cccc2ccccc12. The Kier molecular flexibility index (Phi) is 5.98. The van der Waals surface area contributed by atoms with Gasteiger partial charge in [-0.25, -0.2) is 4.79 Å². The molecule has 6 nitrogen and oxygen atoms in total. The van der Waals surface area contributed by atoms with Gasteiger partial charge in [0.1, 0.15) is 0 Å². The molecular formula is C25H24N2O4. The number of nitrogens with zero attached hydrogens (tertiary/aromatic N) is 1. The lowest BCUT2D eigenvalue weighted by molar-refractivity contribution is -0.124. The molecule has 1 N–H and O–H groups in total. The third kappa shape index (κ3) is 4.58. The number of rotatable bonds is 6. The molecule has 0 bridgehead atoms. The third-order valence-corrected chi connectivity index (χ3v) is 5.49. The van der Waals surface area contributed by atoms with Crippen LogP contribution in [-0.2, 0) is 14.3 Å². The number of carbonyl (C=O) groups excluding carboxylic acids is 3. The molecule has 1 heterocycles. The number of fused-ring (bicyclic) bond motifs is 1.